The van der Waals surface area contributed by atoms with Crippen LogP contribution in [0.4, 0.5) is 0 Å². The molecule has 0 nitrogen and oxygen atoms in total. The minimum absolute atomic E-state index is 0. The zero-order chi connectivity index (χ0) is 9.78. The predicted molar refractivity (Wildman–Crippen MR) is 77.2 cm³/mol. The van der Waals surface area contributed by atoms with Crippen molar-refractivity contribution in [1.82, 2.24) is 0 Å². The van der Waals surface area contributed by atoms with Crippen LogP contribution < -0.4 is 0 Å². The van der Waals surface area contributed by atoms with Crippen LogP contribution in [0.25, 0.3) is 0 Å². The van der Waals surface area contributed by atoms with Crippen molar-refractivity contribution in [1.29, 1.82) is 0 Å². The maximum atomic E-state index is 4.20. The molecule has 0 spiro atoms. The van der Waals surface area contributed by atoms with Gasteiger partial charge in [0.15, 0.2) is 0 Å². The molecule has 0 saturated carbocycles. The van der Waals surface area contributed by atoms with Crippen molar-refractivity contribution in [3.63, 3.8) is 0 Å². The van der Waals surface area contributed by atoms with Gasteiger partial charge in [0, 0.05) is 59.1 Å². The van der Waals surface area contributed by atoms with Gasteiger partial charge in [0.2, 0.25) is 0 Å². The molecule has 0 amide bonds. The van der Waals surface area contributed by atoms with Crippen molar-refractivity contribution in [3.05, 3.63) is 0 Å². The van der Waals surface area contributed by atoms with E-state index in [2.05, 4.69) is 19.6 Å². The van der Waals surface area contributed by atoms with Crippen LogP contribution in [0.5, 0.6) is 0 Å². The SMILES string of the molecule is CCCCCCCCCCCCS.[Na].[Na]. The van der Waals surface area contributed by atoms with Crippen LogP contribution in [0.15, 0.2) is 0 Å². The fourth-order valence-electron chi connectivity index (χ4n) is 1.60. The van der Waals surface area contributed by atoms with Crippen LogP contribution in [-0.2, 0) is 0 Å². The summed E-state index contributed by atoms with van der Waals surface area (Å²) in [5.74, 6) is 1.07. The van der Waals surface area contributed by atoms with E-state index in [1.807, 2.05) is 0 Å². The fraction of sp³-hybridized carbons (Fsp3) is 1.00. The molecule has 0 aliphatic carbocycles. The van der Waals surface area contributed by atoms with Crippen molar-refractivity contribution in [3.8, 4) is 0 Å². The van der Waals surface area contributed by atoms with Crippen molar-refractivity contribution in [2.24, 2.45) is 0 Å². The Morgan fingerprint density at radius 1 is 0.600 bits per heavy atom. The van der Waals surface area contributed by atoms with E-state index in [1.54, 1.807) is 0 Å². The molecule has 0 aromatic carbocycles. The number of thiol groups is 1. The Morgan fingerprint density at radius 2 is 0.933 bits per heavy atom. The number of rotatable bonds is 10. The van der Waals surface area contributed by atoms with Crippen LogP contribution in [0, 0.1) is 0 Å². The first-order chi connectivity index (χ1) is 6.41. The van der Waals surface area contributed by atoms with E-state index in [0.29, 0.717) is 0 Å². The first-order valence-corrected chi connectivity index (χ1v) is 6.66. The maximum Gasteiger partial charge on any atom is 0 e. The third-order valence-corrected chi connectivity index (χ3v) is 2.83. The fourth-order valence-corrected chi connectivity index (χ4v) is 1.82. The second-order valence-corrected chi connectivity index (χ2v) is 4.35. The van der Waals surface area contributed by atoms with Gasteiger partial charge in [-0.25, -0.2) is 0 Å². The average molecular weight is 248 g/mol. The standard InChI is InChI=1S/C12H26S.2Na/c1-2-3-4-5-6-7-8-9-10-11-12-13;;/h13H,2-12H2,1H3;;. The molecular weight excluding hydrogens is 222 g/mol. The molecule has 0 fully saturated rings. The van der Waals surface area contributed by atoms with Crippen molar-refractivity contribution in [2.45, 2.75) is 71.1 Å². The molecule has 0 aromatic rings. The molecule has 0 rings (SSSR count). The summed E-state index contributed by atoms with van der Waals surface area (Å²) >= 11 is 4.20. The van der Waals surface area contributed by atoms with Gasteiger partial charge in [-0.2, -0.15) is 12.6 Å². The van der Waals surface area contributed by atoms with E-state index in [4.69, 9.17) is 0 Å². The van der Waals surface area contributed by atoms with Gasteiger partial charge < -0.3 is 0 Å². The minimum Gasteiger partial charge on any atom is -0.179 e. The average Bonchev–Trinajstić information content (AvgIpc) is 2.16. The van der Waals surface area contributed by atoms with Crippen LogP contribution in [0.3, 0.4) is 0 Å². The molecule has 0 aliphatic rings. The Balaban J connectivity index is -0.000000720. The molecule has 0 aliphatic heterocycles. The topological polar surface area (TPSA) is 0 Å². The monoisotopic (exact) mass is 248 g/mol. The van der Waals surface area contributed by atoms with Gasteiger partial charge in [0.05, 0.1) is 0 Å². The summed E-state index contributed by atoms with van der Waals surface area (Å²) in [5, 5.41) is 0. The zero-order valence-corrected chi connectivity index (χ0v) is 16.1. The molecule has 82 valence electrons. The van der Waals surface area contributed by atoms with Gasteiger partial charge in [-0.1, -0.05) is 64.7 Å². The Hall–Kier alpha value is 2.35. The largest absolute Gasteiger partial charge is 0.179 e. The van der Waals surface area contributed by atoms with Gasteiger partial charge in [-0.3, -0.25) is 0 Å². The molecular formula is C12H26Na2S. The van der Waals surface area contributed by atoms with E-state index in [-0.39, 0.29) is 59.1 Å². The van der Waals surface area contributed by atoms with E-state index in [9.17, 15) is 0 Å². The van der Waals surface area contributed by atoms with Crippen LogP contribution in [0.1, 0.15) is 71.1 Å². The summed E-state index contributed by atoms with van der Waals surface area (Å²) in [6.07, 6.45) is 14.2. The molecule has 0 aromatic heterocycles. The first kappa shape index (κ1) is 22.5. The minimum atomic E-state index is 0. The van der Waals surface area contributed by atoms with Gasteiger partial charge in [-0.15, -0.1) is 0 Å². The molecule has 3 heteroatoms. The second-order valence-electron chi connectivity index (χ2n) is 3.91. The molecule has 0 N–H and O–H groups in total. The Bertz CT molecular complexity index is 79.7. The van der Waals surface area contributed by atoms with Crippen LogP contribution in [-0.4, -0.2) is 64.9 Å². The van der Waals surface area contributed by atoms with E-state index < -0.39 is 0 Å². The van der Waals surface area contributed by atoms with E-state index in [0.717, 1.165) is 5.75 Å². The van der Waals surface area contributed by atoms with Gasteiger partial charge in [0.1, 0.15) is 0 Å². The van der Waals surface area contributed by atoms with Gasteiger partial charge >= 0.3 is 0 Å². The summed E-state index contributed by atoms with van der Waals surface area (Å²) < 4.78 is 0. The van der Waals surface area contributed by atoms with Crippen molar-refractivity contribution in [2.75, 3.05) is 5.75 Å². The zero-order valence-electron chi connectivity index (χ0n) is 11.2. The predicted octanol–water partition coefficient (Wildman–Crippen LogP) is 4.08. The van der Waals surface area contributed by atoms with Crippen LogP contribution in [0.2, 0.25) is 0 Å². The Labute approximate surface area is 147 Å². The third kappa shape index (κ3) is 22.1. The number of hydrogen-bond donors (Lipinski definition) is 1. The summed E-state index contributed by atoms with van der Waals surface area (Å²) in [4.78, 5) is 0. The summed E-state index contributed by atoms with van der Waals surface area (Å²) in [7, 11) is 0. The number of hydrogen-bond acceptors (Lipinski definition) is 1. The molecule has 15 heavy (non-hydrogen) atoms. The van der Waals surface area contributed by atoms with E-state index >= 15 is 0 Å². The molecule has 2 radical (unpaired) electrons. The summed E-state index contributed by atoms with van der Waals surface area (Å²) in [6, 6.07) is 0. The molecule has 0 atom stereocenters. The summed E-state index contributed by atoms with van der Waals surface area (Å²) in [5.41, 5.74) is 0. The Kier molecular flexibility index (Phi) is 32.5. The summed E-state index contributed by atoms with van der Waals surface area (Å²) in [6.45, 7) is 2.28. The third-order valence-electron chi connectivity index (χ3n) is 2.51. The van der Waals surface area contributed by atoms with Crippen molar-refractivity contribution < 1.29 is 0 Å². The molecule has 0 bridgehead atoms. The Morgan fingerprint density at radius 3 is 1.27 bits per heavy atom. The maximum absolute atomic E-state index is 4.20. The second kappa shape index (κ2) is 21.6. The molecule has 0 saturated heterocycles. The van der Waals surface area contributed by atoms with Crippen molar-refractivity contribution >= 4 is 71.7 Å². The quantitative estimate of drug-likeness (QED) is 0.336. The van der Waals surface area contributed by atoms with Crippen LogP contribution >= 0.6 is 12.6 Å². The normalized spacial score (nSPS) is 9.20. The first-order valence-electron chi connectivity index (χ1n) is 6.02. The van der Waals surface area contributed by atoms with E-state index in [1.165, 1.54) is 64.2 Å². The van der Waals surface area contributed by atoms with Gasteiger partial charge in [0.25, 0.3) is 0 Å². The smallest absolute Gasteiger partial charge is 0 e. The molecule has 0 unspecified atom stereocenters. The molecule has 0 heterocycles. The van der Waals surface area contributed by atoms with Gasteiger partial charge in [-0.05, 0) is 12.2 Å². The number of unbranched alkanes of at least 4 members (excludes halogenated alkanes) is 9.